The van der Waals surface area contributed by atoms with Gasteiger partial charge in [-0.05, 0) is 50.5 Å². The van der Waals surface area contributed by atoms with Crippen LogP contribution in [0.1, 0.15) is 26.7 Å². The predicted octanol–water partition coefficient (Wildman–Crippen LogP) is 5.09. The van der Waals surface area contributed by atoms with E-state index < -0.39 is 11.7 Å². The van der Waals surface area contributed by atoms with Gasteiger partial charge < -0.3 is 18.3 Å². The van der Waals surface area contributed by atoms with E-state index in [0.29, 0.717) is 35.3 Å². The van der Waals surface area contributed by atoms with Gasteiger partial charge in [0.25, 0.3) is 0 Å². The van der Waals surface area contributed by atoms with Crippen LogP contribution in [0.2, 0.25) is 0 Å². The molecule has 0 aliphatic rings. The molecule has 0 spiro atoms. The summed E-state index contributed by atoms with van der Waals surface area (Å²) in [4.78, 5) is 16.2. The van der Waals surface area contributed by atoms with Gasteiger partial charge in [-0.15, -0.1) is 0 Å². The van der Waals surface area contributed by atoms with Gasteiger partial charge in [0.15, 0.2) is 11.2 Å². The van der Waals surface area contributed by atoms with Crippen LogP contribution in [0.4, 0.5) is 0 Å². The van der Waals surface area contributed by atoms with Crippen LogP contribution in [0.3, 0.4) is 0 Å². The highest BCUT2D eigenvalue weighted by atomic mass is 17.1. The highest BCUT2D eigenvalue weighted by Crippen LogP contribution is 2.42. The molecular formula is C22H24O7. The molecule has 1 atom stereocenters. The third-order valence-electron chi connectivity index (χ3n) is 4.74. The highest BCUT2D eigenvalue weighted by Gasteiger charge is 2.20. The molecule has 3 rings (SSSR count). The Morgan fingerprint density at radius 3 is 2.66 bits per heavy atom. The van der Waals surface area contributed by atoms with E-state index in [9.17, 15) is 4.79 Å². The minimum atomic E-state index is -0.489. The van der Waals surface area contributed by atoms with Crippen LogP contribution in [0.25, 0.3) is 21.9 Å². The Balaban J connectivity index is 1.86. The van der Waals surface area contributed by atoms with E-state index in [1.54, 1.807) is 26.2 Å². The van der Waals surface area contributed by atoms with Crippen molar-refractivity contribution >= 4 is 21.9 Å². The minimum Gasteiger partial charge on any atom is -0.495 e. The summed E-state index contributed by atoms with van der Waals surface area (Å²) in [6.07, 6.45) is 4.36. The van der Waals surface area contributed by atoms with Crippen LogP contribution in [0.15, 0.2) is 61.9 Å². The number of hydrogen-bond donors (Lipinski definition) is 1. The van der Waals surface area contributed by atoms with E-state index in [1.165, 1.54) is 12.3 Å². The first-order chi connectivity index (χ1) is 14.0. The molecule has 0 aliphatic heterocycles. The maximum atomic E-state index is 11.8. The maximum absolute atomic E-state index is 11.8. The molecule has 2 heterocycles. The standard InChI is InChI=1S/C22H24O7/c1-13(2)17(29-24)7-5-14(3)9-11-27-22-20-16(10-12-26-20)19(25-4)15-6-8-18(23)28-21(15)22/h6,8-10,12,17,24H,1,5,7,11H2,2-4H3/t17-/m1/s1. The van der Waals surface area contributed by atoms with Crippen molar-refractivity contribution in [3.8, 4) is 11.5 Å². The first-order valence-electron chi connectivity index (χ1n) is 9.21. The van der Waals surface area contributed by atoms with Crippen molar-refractivity contribution in [2.45, 2.75) is 32.8 Å². The third-order valence-corrected chi connectivity index (χ3v) is 4.74. The lowest BCUT2D eigenvalue weighted by Crippen LogP contribution is -2.11. The summed E-state index contributed by atoms with van der Waals surface area (Å²) in [5.41, 5.74) is 2.06. The molecule has 0 saturated carbocycles. The monoisotopic (exact) mass is 400 g/mol. The second-order valence-corrected chi connectivity index (χ2v) is 6.86. The summed E-state index contributed by atoms with van der Waals surface area (Å²) >= 11 is 0. The normalized spacial score (nSPS) is 13.0. The van der Waals surface area contributed by atoms with E-state index in [1.807, 2.05) is 13.0 Å². The van der Waals surface area contributed by atoms with Crippen molar-refractivity contribution in [1.82, 2.24) is 0 Å². The van der Waals surface area contributed by atoms with Gasteiger partial charge >= 0.3 is 5.63 Å². The Morgan fingerprint density at radius 2 is 1.97 bits per heavy atom. The first kappa shape index (κ1) is 20.7. The van der Waals surface area contributed by atoms with Crippen molar-refractivity contribution in [3.63, 3.8) is 0 Å². The summed E-state index contributed by atoms with van der Waals surface area (Å²) in [6.45, 7) is 7.81. The molecule has 154 valence electrons. The molecule has 7 heteroatoms. The number of ether oxygens (including phenoxy) is 2. The fourth-order valence-electron chi connectivity index (χ4n) is 3.14. The van der Waals surface area contributed by atoms with Gasteiger partial charge in [0.05, 0.1) is 24.1 Å². The molecule has 0 fully saturated rings. The number of benzene rings is 1. The summed E-state index contributed by atoms with van der Waals surface area (Å²) in [5.74, 6) is 0.905. The number of hydrogen-bond acceptors (Lipinski definition) is 7. The zero-order chi connectivity index (χ0) is 21.0. The zero-order valence-corrected chi connectivity index (χ0v) is 16.7. The average molecular weight is 400 g/mol. The Bertz CT molecular complexity index is 1100. The lowest BCUT2D eigenvalue weighted by molar-refractivity contribution is -0.269. The third kappa shape index (κ3) is 4.36. The van der Waals surface area contributed by atoms with Crippen LogP contribution in [-0.2, 0) is 4.89 Å². The molecule has 3 aromatic rings. The fraction of sp³-hybridized carbons (Fsp3) is 0.318. The van der Waals surface area contributed by atoms with Crippen LogP contribution >= 0.6 is 0 Å². The van der Waals surface area contributed by atoms with Crippen LogP contribution in [-0.4, -0.2) is 25.1 Å². The van der Waals surface area contributed by atoms with Gasteiger partial charge in [-0.1, -0.05) is 12.2 Å². The summed E-state index contributed by atoms with van der Waals surface area (Å²) in [5, 5.41) is 10.3. The molecule has 29 heavy (non-hydrogen) atoms. The molecule has 2 aromatic heterocycles. The van der Waals surface area contributed by atoms with Gasteiger partial charge in [-0.3, -0.25) is 5.26 Å². The number of allylic oxidation sites excluding steroid dienone is 1. The van der Waals surface area contributed by atoms with E-state index in [0.717, 1.165) is 16.5 Å². The zero-order valence-electron chi connectivity index (χ0n) is 16.7. The smallest absolute Gasteiger partial charge is 0.336 e. The fourth-order valence-corrected chi connectivity index (χ4v) is 3.14. The Morgan fingerprint density at radius 1 is 1.21 bits per heavy atom. The first-order valence-corrected chi connectivity index (χ1v) is 9.21. The van der Waals surface area contributed by atoms with E-state index in [4.69, 9.17) is 23.6 Å². The van der Waals surface area contributed by atoms with E-state index >= 15 is 0 Å². The van der Waals surface area contributed by atoms with Crippen molar-refractivity contribution in [2.24, 2.45) is 0 Å². The lowest BCUT2D eigenvalue weighted by atomic mass is 10.0. The Kier molecular flexibility index (Phi) is 6.41. The molecule has 1 aromatic carbocycles. The number of rotatable bonds is 9. The number of fused-ring (bicyclic) bond motifs is 2. The molecule has 0 unspecified atom stereocenters. The second-order valence-electron chi connectivity index (χ2n) is 6.86. The summed E-state index contributed by atoms with van der Waals surface area (Å²) < 4.78 is 22.4. The molecule has 1 N–H and O–H groups in total. The largest absolute Gasteiger partial charge is 0.495 e. The highest BCUT2D eigenvalue weighted by molar-refractivity contribution is 6.06. The lowest BCUT2D eigenvalue weighted by Gasteiger charge is -2.13. The van der Waals surface area contributed by atoms with Crippen molar-refractivity contribution in [2.75, 3.05) is 13.7 Å². The predicted molar refractivity (Wildman–Crippen MR) is 110 cm³/mol. The molecule has 0 aliphatic carbocycles. The van der Waals surface area contributed by atoms with Gasteiger partial charge in [0.2, 0.25) is 5.75 Å². The molecule has 0 bridgehead atoms. The SMILES string of the molecule is C=C(C)[C@@H](CCC(C)=CCOc1c2occc2c(OC)c2ccc(=O)oc12)OO. The van der Waals surface area contributed by atoms with Crippen molar-refractivity contribution in [3.05, 3.63) is 58.7 Å². The van der Waals surface area contributed by atoms with Crippen LogP contribution in [0.5, 0.6) is 11.5 Å². The second kappa shape index (κ2) is 8.98. The quantitative estimate of drug-likeness (QED) is 0.232. The molecule has 7 nitrogen and oxygen atoms in total. The van der Waals surface area contributed by atoms with Gasteiger partial charge in [-0.25, -0.2) is 9.68 Å². The molecule has 0 amide bonds. The Hall–Kier alpha value is -3.03. The molecule has 0 saturated heterocycles. The van der Waals surface area contributed by atoms with Crippen LogP contribution in [0, 0.1) is 0 Å². The minimum absolute atomic E-state index is 0.249. The van der Waals surface area contributed by atoms with Crippen molar-refractivity contribution < 1.29 is 28.5 Å². The average Bonchev–Trinajstić information content (AvgIpc) is 3.17. The topological polar surface area (TPSA) is 91.3 Å². The summed E-state index contributed by atoms with van der Waals surface area (Å²) in [7, 11) is 1.55. The Labute approximate surface area is 167 Å². The van der Waals surface area contributed by atoms with Gasteiger partial charge in [-0.2, -0.15) is 0 Å². The molecular weight excluding hydrogens is 376 g/mol. The van der Waals surface area contributed by atoms with Gasteiger partial charge in [0.1, 0.15) is 18.5 Å². The number of methoxy groups -OCH3 is 1. The van der Waals surface area contributed by atoms with Gasteiger partial charge in [0, 0.05) is 6.07 Å². The van der Waals surface area contributed by atoms with Crippen LogP contribution < -0.4 is 15.1 Å². The van der Waals surface area contributed by atoms with E-state index in [-0.39, 0.29) is 12.2 Å². The van der Waals surface area contributed by atoms with E-state index in [2.05, 4.69) is 11.5 Å². The molecule has 0 radical (unpaired) electrons. The van der Waals surface area contributed by atoms with Crippen molar-refractivity contribution in [1.29, 1.82) is 0 Å². The summed E-state index contributed by atoms with van der Waals surface area (Å²) in [6, 6.07) is 4.76. The number of furan rings is 1. The maximum Gasteiger partial charge on any atom is 0.336 e.